The maximum Gasteiger partial charge on any atom is 0.264 e. The quantitative estimate of drug-likeness (QED) is 0.618. The van der Waals surface area contributed by atoms with Crippen LogP contribution in [0.25, 0.3) is 16.8 Å². The normalized spacial score (nSPS) is 16.4. The minimum atomic E-state index is -0.166. The van der Waals surface area contributed by atoms with Gasteiger partial charge in [-0.2, -0.15) is 0 Å². The van der Waals surface area contributed by atoms with E-state index in [0.717, 1.165) is 27.6 Å². The SMILES string of the molecule is COc1ccc(C)cc1N=C1NC(=O)/C(=C/c2ccc(OC)c3ccccc23)S1. The van der Waals surface area contributed by atoms with Crippen LogP contribution < -0.4 is 14.8 Å². The molecule has 1 aliphatic rings. The fourth-order valence-electron chi connectivity index (χ4n) is 3.22. The summed E-state index contributed by atoms with van der Waals surface area (Å²) in [4.78, 5) is 17.7. The lowest BCUT2D eigenvalue weighted by atomic mass is 10.0. The average molecular weight is 404 g/mol. The Hall–Kier alpha value is -3.25. The molecule has 0 unspecified atom stereocenters. The number of amidine groups is 1. The Bertz CT molecular complexity index is 1170. The van der Waals surface area contributed by atoms with Crippen LogP contribution in [-0.2, 0) is 4.79 Å². The highest BCUT2D eigenvalue weighted by Crippen LogP contribution is 2.35. The number of carbonyl (C=O) groups is 1. The van der Waals surface area contributed by atoms with Crippen molar-refractivity contribution >= 4 is 45.4 Å². The van der Waals surface area contributed by atoms with E-state index in [2.05, 4.69) is 10.3 Å². The second-order valence-corrected chi connectivity index (χ2v) is 7.59. The van der Waals surface area contributed by atoms with Crippen molar-refractivity contribution in [2.45, 2.75) is 6.92 Å². The first kappa shape index (κ1) is 19.1. The number of nitrogens with one attached hydrogen (secondary N) is 1. The van der Waals surface area contributed by atoms with Gasteiger partial charge in [0.15, 0.2) is 5.17 Å². The number of hydrogen-bond acceptors (Lipinski definition) is 5. The molecule has 29 heavy (non-hydrogen) atoms. The Morgan fingerprint density at radius 2 is 1.69 bits per heavy atom. The van der Waals surface area contributed by atoms with Gasteiger partial charge in [-0.05, 0) is 59.5 Å². The number of hydrogen-bond donors (Lipinski definition) is 1. The van der Waals surface area contributed by atoms with Gasteiger partial charge in [0.2, 0.25) is 0 Å². The summed E-state index contributed by atoms with van der Waals surface area (Å²) < 4.78 is 10.8. The van der Waals surface area contributed by atoms with Crippen molar-refractivity contribution in [2.75, 3.05) is 14.2 Å². The lowest BCUT2D eigenvalue weighted by Gasteiger charge is -2.08. The number of benzene rings is 3. The molecule has 1 saturated heterocycles. The summed E-state index contributed by atoms with van der Waals surface area (Å²) in [7, 11) is 3.26. The predicted octanol–water partition coefficient (Wildman–Crippen LogP) is 5.06. The van der Waals surface area contributed by atoms with Crippen LogP contribution in [0.5, 0.6) is 11.5 Å². The molecule has 0 bridgehead atoms. The van der Waals surface area contributed by atoms with Gasteiger partial charge in [0, 0.05) is 5.39 Å². The Morgan fingerprint density at radius 1 is 0.966 bits per heavy atom. The summed E-state index contributed by atoms with van der Waals surface area (Å²) in [6, 6.07) is 17.6. The molecule has 0 atom stereocenters. The molecule has 1 aliphatic heterocycles. The Labute approximate surface area is 173 Å². The molecule has 146 valence electrons. The van der Waals surface area contributed by atoms with Crippen LogP contribution in [0.3, 0.4) is 0 Å². The van der Waals surface area contributed by atoms with Crippen molar-refractivity contribution in [3.63, 3.8) is 0 Å². The third-order valence-corrected chi connectivity index (χ3v) is 5.54. The molecule has 5 nitrogen and oxygen atoms in total. The first-order valence-corrected chi connectivity index (χ1v) is 9.90. The molecule has 0 spiro atoms. The lowest BCUT2D eigenvalue weighted by molar-refractivity contribution is -0.115. The van der Waals surface area contributed by atoms with Crippen LogP contribution in [-0.4, -0.2) is 25.3 Å². The minimum absolute atomic E-state index is 0.166. The summed E-state index contributed by atoms with van der Waals surface area (Å²) in [5, 5.41) is 5.40. The molecular formula is C23H20N2O3S. The standard InChI is InChI=1S/C23H20N2O3S/c1-14-8-10-20(28-3)18(12-14)24-23-25-22(26)21(29-23)13-15-9-11-19(27-2)17-7-5-4-6-16(15)17/h4-13H,1-3H3,(H,24,25,26)/b21-13-. The van der Waals surface area contributed by atoms with E-state index in [9.17, 15) is 4.79 Å². The second kappa shape index (κ2) is 8.01. The molecule has 1 heterocycles. The summed E-state index contributed by atoms with van der Waals surface area (Å²) in [5.74, 6) is 1.30. The van der Waals surface area contributed by atoms with E-state index in [1.807, 2.05) is 67.6 Å². The van der Waals surface area contributed by atoms with Gasteiger partial charge >= 0.3 is 0 Å². The third-order valence-electron chi connectivity index (χ3n) is 4.63. The van der Waals surface area contributed by atoms with Crippen molar-refractivity contribution in [1.82, 2.24) is 5.32 Å². The summed E-state index contributed by atoms with van der Waals surface area (Å²) >= 11 is 1.32. The van der Waals surface area contributed by atoms with Crippen LogP contribution in [0.15, 0.2) is 64.5 Å². The van der Waals surface area contributed by atoms with Gasteiger partial charge in [0.25, 0.3) is 5.91 Å². The van der Waals surface area contributed by atoms with Crippen LogP contribution in [0.1, 0.15) is 11.1 Å². The largest absolute Gasteiger partial charge is 0.496 e. The molecular weight excluding hydrogens is 384 g/mol. The predicted molar refractivity (Wildman–Crippen MR) is 119 cm³/mol. The van der Waals surface area contributed by atoms with Crippen LogP contribution in [0, 0.1) is 6.92 Å². The summed E-state index contributed by atoms with van der Waals surface area (Å²) in [5.41, 5.74) is 2.71. The fourth-order valence-corrected chi connectivity index (χ4v) is 4.04. The number of nitrogens with zero attached hydrogens (tertiary/aromatic N) is 1. The molecule has 0 aromatic heterocycles. The molecule has 0 saturated carbocycles. The monoisotopic (exact) mass is 404 g/mol. The van der Waals surface area contributed by atoms with Gasteiger partial charge in [0.05, 0.1) is 19.1 Å². The number of methoxy groups -OCH3 is 2. The molecule has 1 N–H and O–H groups in total. The molecule has 3 aromatic rings. The number of ether oxygens (including phenoxy) is 2. The zero-order valence-corrected chi connectivity index (χ0v) is 17.2. The van der Waals surface area contributed by atoms with Gasteiger partial charge < -0.3 is 14.8 Å². The van der Waals surface area contributed by atoms with Crippen molar-refractivity contribution in [3.05, 3.63) is 70.6 Å². The molecule has 3 aromatic carbocycles. The van der Waals surface area contributed by atoms with Gasteiger partial charge in [0.1, 0.15) is 17.2 Å². The number of amides is 1. The maximum absolute atomic E-state index is 12.5. The minimum Gasteiger partial charge on any atom is -0.496 e. The third kappa shape index (κ3) is 3.84. The van der Waals surface area contributed by atoms with E-state index in [0.29, 0.717) is 21.5 Å². The van der Waals surface area contributed by atoms with Crippen molar-refractivity contribution in [1.29, 1.82) is 0 Å². The highest BCUT2D eigenvalue weighted by molar-refractivity contribution is 8.18. The number of rotatable bonds is 4. The zero-order valence-electron chi connectivity index (χ0n) is 16.4. The number of carbonyl (C=O) groups excluding carboxylic acids is 1. The molecule has 0 radical (unpaired) electrons. The Morgan fingerprint density at radius 3 is 2.45 bits per heavy atom. The molecule has 1 amide bonds. The Kier molecular flexibility index (Phi) is 5.27. The van der Waals surface area contributed by atoms with E-state index in [1.165, 1.54) is 11.8 Å². The molecule has 0 aliphatic carbocycles. The van der Waals surface area contributed by atoms with E-state index >= 15 is 0 Å². The fraction of sp³-hybridized carbons (Fsp3) is 0.130. The number of aryl methyl sites for hydroxylation is 1. The molecule has 1 fully saturated rings. The lowest BCUT2D eigenvalue weighted by Crippen LogP contribution is -2.19. The number of fused-ring (bicyclic) bond motifs is 1. The zero-order chi connectivity index (χ0) is 20.4. The maximum atomic E-state index is 12.5. The van der Waals surface area contributed by atoms with E-state index in [1.54, 1.807) is 14.2 Å². The van der Waals surface area contributed by atoms with E-state index in [4.69, 9.17) is 9.47 Å². The van der Waals surface area contributed by atoms with Crippen LogP contribution in [0.4, 0.5) is 5.69 Å². The van der Waals surface area contributed by atoms with E-state index < -0.39 is 0 Å². The summed E-state index contributed by atoms with van der Waals surface area (Å²) in [6.45, 7) is 1.99. The highest BCUT2D eigenvalue weighted by atomic mass is 32.2. The van der Waals surface area contributed by atoms with Crippen molar-refractivity contribution in [2.24, 2.45) is 4.99 Å². The highest BCUT2D eigenvalue weighted by Gasteiger charge is 2.24. The summed E-state index contributed by atoms with van der Waals surface area (Å²) in [6.07, 6.45) is 1.89. The second-order valence-electron chi connectivity index (χ2n) is 6.56. The smallest absolute Gasteiger partial charge is 0.264 e. The van der Waals surface area contributed by atoms with Crippen molar-refractivity contribution in [3.8, 4) is 11.5 Å². The number of thioether (sulfide) groups is 1. The van der Waals surface area contributed by atoms with Crippen molar-refractivity contribution < 1.29 is 14.3 Å². The van der Waals surface area contributed by atoms with Crippen LogP contribution in [0.2, 0.25) is 0 Å². The average Bonchev–Trinajstić information content (AvgIpc) is 3.07. The van der Waals surface area contributed by atoms with Gasteiger partial charge in [-0.25, -0.2) is 4.99 Å². The van der Waals surface area contributed by atoms with Gasteiger partial charge in [-0.3, -0.25) is 4.79 Å². The van der Waals surface area contributed by atoms with Gasteiger partial charge in [-0.1, -0.05) is 36.4 Å². The molecule has 4 rings (SSSR count). The van der Waals surface area contributed by atoms with Crippen LogP contribution >= 0.6 is 11.8 Å². The first-order valence-electron chi connectivity index (χ1n) is 9.09. The Balaban J connectivity index is 1.70. The van der Waals surface area contributed by atoms with E-state index in [-0.39, 0.29) is 5.91 Å². The topological polar surface area (TPSA) is 59.9 Å². The van der Waals surface area contributed by atoms with Gasteiger partial charge in [-0.15, -0.1) is 0 Å². The number of aliphatic imine (C=N–C) groups is 1. The molecule has 6 heteroatoms. The first-order chi connectivity index (χ1) is 14.1.